The van der Waals surface area contributed by atoms with E-state index < -0.39 is 5.97 Å². The number of amides is 2. The van der Waals surface area contributed by atoms with Crippen LogP contribution in [0, 0.1) is 5.92 Å². The van der Waals surface area contributed by atoms with Crippen molar-refractivity contribution < 1.29 is 14.7 Å². The molecule has 1 saturated heterocycles. The first-order chi connectivity index (χ1) is 11.5. The summed E-state index contributed by atoms with van der Waals surface area (Å²) in [6, 6.07) is 7.43. The number of piperidine rings is 1. The molecule has 2 aromatic rings. The van der Waals surface area contributed by atoms with Crippen molar-refractivity contribution in [1.29, 1.82) is 0 Å². The third-order valence-electron chi connectivity index (χ3n) is 4.06. The smallest absolute Gasteiger partial charge is 0.321 e. The van der Waals surface area contributed by atoms with Gasteiger partial charge in [0.05, 0.1) is 29.7 Å². The summed E-state index contributed by atoms with van der Waals surface area (Å²) in [5, 5.41) is 16.1. The molecule has 0 atom stereocenters. The van der Waals surface area contributed by atoms with E-state index in [0.717, 1.165) is 10.2 Å². The molecule has 0 spiro atoms. The molecular weight excluding hydrogens is 376 g/mol. The fourth-order valence-corrected chi connectivity index (χ4v) is 3.16. The fourth-order valence-electron chi connectivity index (χ4n) is 2.69. The zero-order valence-corrected chi connectivity index (χ0v) is 14.4. The summed E-state index contributed by atoms with van der Waals surface area (Å²) in [4.78, 5) is 24.9. The van der Waals surface area contributed by atoms with Crippen LogP contribution in [0.3, 0.4) is 0 Å². The second kappa shape index (κ2) is 7.04. The van der Waals surface area contributed by atoms with Gasteiger partial charge in [-0.25, -0.2) is 9.48 Å². The molecule has 0 unspecified atom stereocenters. The van der Waals surface area contributed by atoms with E-state index in [1.54, 1.807) is 22.0 Å². The molecule has 7 nitrogen and oxygen atoms in total. The van der Waals surface area contributed by atoms with Crippen molar-refractivity contribution >= 4 is 33.6 Å². The van der Waals surface area contributed by atoms with Gasteiger partial charge in [-0.3, -0.25) is 4.79 Å². The average molecular weight is 393 g/mol. The predicted octanol–water partition coefficient (Wildman–Crippen LogP) is 2.96. The molecule has 1 fully saturated rings. The number of benzene rings is 1. The molecule has 2 heterocycles. The Balaban J connectivity index is 1.62. The molecule has 3 rings (SSSR count). The zero-order chi connectivity index (χ0) is 17.1. The van der Waals surface area contributed by atoms with Crippen LogP contribution in [0.2, 0.25) is 0 Å². The van der Waals surface area contributed by atoms with Crippen LogP contribution in [0.5, 0.6) is 0 Å². The minimum atomic E-state index is -0.787. The monoisotopic (exact) mass is 392 g/mol. The summed E-state index contributed by atoms with van der Waals surface area (Å²) in [5.74, 6) is -1.14. The maximum absolute atomic E-state index is 12.3. The minimum absolute atomic E-state index is 0.231. The fraction of sp³-hybridized carbons (Fsp3) is 0.312. The lowest BCUT2D eigenvalue weighted by Gasteiger charge is -2.29. The number of halogens is 1. The molecule has 8 heteroatoms. The van der Waals surface area contributed by atoms with Crippen LogP contribution in [0.4, 0.5) is 10.5 Å². The number of nitrogens with zero attached hydrogens (tertiary/aromatic N) is 3. The first-order valence-electron chi connectivity index (χ1n) is 7.63. The van der Waals surface area contributed by atoms with Crippen LogP contribution in [0.25, 0.3) is 5.69 Å². The molecule has 1 aliphatic heterocycles. The molecule has 0 bridgehead atoms. The van der Waals surface area contributed by atoms with E-state index >= 15 is 0 Å². The van der Waals surface area contributed by atoms with Crippen LogP contribution < -0.4 is 5.32 Å². The second-order valence-corrected chi connectivity index (χ2v) is 6.51. The lowest BCUT2D eigenvalue weighted by atomic mass is 9.97. The lowest BCUT2D eigenvalue weighted by Crippen LogP contribution is -2.42. The number of aliphatic carboxylic acids is 1. The highest BCUT2D eigenvalue weighted by Crippen LogP contribution is 2.22. The minimum Gasteiger partial charge on any atom is -0.481 e. The third kappa shape index (κ3) is 3.59. The maximum Gasteiger partial charge on any atom is 0.321 e. The number of carbonyl (C=O) groups excluding carboxylic acids is 1. The Kier molecular flexibility index (Phi) is 4.84. The van der Waals surface area contributed by atoms with Gasteiger partial charge in [-0.1, -0.05) is 12.1 Å². The SMILES string of the molecule is O=C(O)C1CCN(C(=O)Nc2cnn(-c3ccccc3Br)c2)CC1. The van der Waals surface area contributed by atoms with Crippen molar-refractivity contribution in [2.45, 2.75) is 12.8 Å². The maximum atomic E-state index is 12.3. The molecule has 1 aromatic carbocycles. The van der Waals surface area contributed by atoms with Gasteiger partial charge < -0.3 is 15.3 Å². The van der Waals surface area contributed by atoms with E-state index in [4.69, 9.17) is 5.11 Å². The molecule has 2 amide bonds. The molecule has 2 N–H and O–H groups in total. The Morgan fingerprint density at radius 2 is 1.96 bits per heavy atom. The normalized spacial score (nSPS) is 15.3. The van der Waals surface area contributed by atoms with Gasteiger partial charge in [-0.05, 0) is 40.9 Å². The molecule has 24 heavy (non-hydrogen) atoms. The van der Waals surface area contributed by atoms with Gasteiger partial charge in [0.2, 0.25) is 0 Å². The number of hydrogen-bond acceptors (Lipinski definition) is 3. The number of aromatic nitrogens is 2. The molecular formula is C16H17BrN4O3. The summed E-state index contributed by atoms with van der Waals surface area (Å²) in [6.07, 6.45) is 4.29. The number of urea groups is 1. The van der Waals surface area contributed by atoms with Crippen LogP contribution in [-0.4, -0.2) is 44.9 Å². The second-order valence-electron chi connectivity index (χ2n) is 5.65. The first kappa shape index (κ1) is 16.5. The van der Waals surface area contributed by atoms with Crippen LogP contribution in [0.15, 0.2) is 41.1 Å². The van der Waals surface area contributed by atoms with E-state index in [9.17, 15) is 9.59 Å². The van der Waals surface area contributed by atoms with E-state index in [2.05, 4.69) is 26.3 Å². The Morgan fingerprint density at radius 3 is 2.62 bits per heavy atom. The summed E-state index contributed by atoms with van der Waals surface area (Å²) in [5.41, 5.74) is 1.47. The van der Waals surface area contributed by atoms with Crippen molar-refractivity contribution in [2.24, 2.45) is 5.92 Å². The Hall–Kier alpha value is -2.35. The van der Waals surface area contributed by atoms with E-state index in [1.807, 2.05) is 24.3 Å². The lowest BCUT2D eigenvalue weighted by molar-refractivity contribution is -0.143. The summed E-state index contributed by atoms with van der Waals surface area (Å²) >= 11 is 3.47. The first-order valence-corrected chi connectivity index (χ1v) is 8.42. The largest absolute Gasteiger partial charge is 0.481 e. The zero-order valence-electron chi connectivity index (χ0n) is 12.9. The number of para-hydroxylation sites is 1. The molecule has 126 valence electrons. The molecule has 0 saturated carbocycles. The number of nitrogens with one attached hydrogen (secondary N) is 1. The van der Waals surface area contributed by atoms with E-state index in [0.29, 0.717) is 31.6 Å². The Labute approximate surface area is 147 Å². The van der Waals surface area contributed by atoms with Crippen LogP contribution in [0.1, 0.15) is 12.8 Å². The summed E-state index contributed by atoms with van der Waals surface area (Å²) in [7, 11) is 0. The standard InChI is InChI=1S/C16H17BrN4O3/c17-13-3-1-2-4-14(13)21-10-12(9-18-21)19-16(24)20-7-5-11(6-8-20)15(22)23/h1-4,9-11H,5-8H2,(H,19,24)(H,22,23). The van der Waals surface area contributed by atoms with E-state index in [-0.39, 0.29) is 11.9 Å². The van der Waals surface area contributed by atoms with Crippen LogP contribution in [-0.2, 0) is 4.79 Å². The van der Waals surface area contributed by atoms with Crippen molar-refractivity contribution in [2.75, 3.05) is 18.4 Å². The molecule has 0 radical (unpaired) electrons. The topological polar surface area (TPSA) is 87.5 Å². The number of carboxylic acids is 1. The van der Waals surface area contributed by atoms with Gasteiger partial charge in [0.25, 0.3) is 0 Å². The number of carbonyl (C=O) groups is 2. The highest BCUT2D eigenvalue weighted by molar-refractivity contribution is 9.10. The Morgan fingerprint density at radius 1 is 1.25 bits per heavy atom. The van der Waals surface area contributed by atoms with Crippen molar-refractivity contribution in [3.05, 3.63) is 41.1 Å². The third-order valence-corrected chi connectivity index (χ3v) is 4.74. The van der Waals surface area contributed by atoms with Crippen LogP contribution >= 0.6 is 15.9 Å². The van der Waals surface area contributed by atoms with Gasteiger partial charge in [-0.2, -0.15) is 5.10 Å². The van der Waals surface area contributed by atoms with Gasteiger partial charge in [0.1, 0.15) is 0 Å². The van der Waals surface area contributed by atoms with Gasteiger partial charge in [-0.15, -0.1) is 0 Å². The molecule has 1 aromatic heterocycles. The quantitative estimate of drug-likeness (QED) is 0.840. The van der Waals surface area contributed by atoms with Gasteiger partial charge >= 0.3 is 12.0 Å². The highest BCUT2D eigenvalue weighted by Gasteiger charge is 2.27. The number of likely N-dealkylation sites (tertiary alicyclic amines) is 1. The van der Waals surface area contributed by atoms with Crippen molar-refractivity contribution in [1.82, 2.24) is 14.7 Å². The van der Waals surface area contributed by atoms with Gasteiger partial charge in [0.15, 0.2) is 0 Å². The van der Waals surface area contributed by atoms with Crippen molar-refractivity contribution in [3.63, 3.8) is 0 Å². The highest BCUT2D eigenvalue weighted by atomic mass is 79.9. The summed E-state index contributed by atoms with van der Waals surface area (Å²) < 4.78 is 2.58. The van der Waals surface area contributed by atoms with E-state index in [1.165, 1.54) is 0 Å². The van der Waals surface area contributed by atoms with Crippen molar-refractivity contribution in [3.8, 4) is 5.69 Å². The number of carboxylic acid groups (broad SMARTS) is 1. The predicted molar refractivity (Wildman–Crippen MR) is 92.2 cm³/mol. The average Bonchev–Trinajstić information content (AvgIpc) is 3.03. The summed E-state index contributed by atoms with van der Waals surface area (Å²) in [6.45, 7) is 0.891. The van der Waals surface area contributed by atoms with Gasteiger partial charge in [0, 0.05) is 17.6 Å². The number of hydrogen-bond donors (Lipinski definition) is 2. The number of anilines is 1. The number of rotatable bonds is 3. The Bertz CT molecular complexity index is 753. The molecule has 1 aliphatic rings. The molecule has 0 aliphatic carbocycles.